The normalized spacial score (nSPS) is 15.4. The van der Waals surface area contributed by atoms with E-state index in [0.29, 0.717) is 5.75 Å². The first-order valence-corrected chi connectivity index (χ1v) is 10.2. The Morgan fingerprint density at radius 3 is 2.12 bits per heavy atom. The summed E-state index contributed by atoms with van der Waals surface area (Å²) < 4.78 is 27.3. The Hall–Kier alpha value is -1.27. The zero-order chi connectivity index (χ0) is 19.3. The van der Waals surface area contributed by atoms with Gasteiger partial charge in [0, 0.05) is 11.2 Å². The maximum absolute atomic E-state index is 12.3. The molecule has 0 saturated carbocycles. The van der Waals surface area contributed by atoms with Crippen LogP contribution in [-0.2, 0) is 18.7 Å². The average Bonchev–Trinajstić information content (AvgIpc) is 2.45. The number of rotatable bonds is 8. The van der Waals surface area contributed by atoms with Crippen molar-refractivity contribution in [3.63, 3.8) is 0 Å². The number of hydrogen-bond donors (Lipinski definition) is 1. The lowest BCUT2D eigenvalue weighted by atomic mass is 10.1. The minimum Gasteiger partial charge on any atom is -0.497 e. The molecule has 1 aromatic carbocycles. The van der Waals surface area contributed by atoms with Gasteiger partial charge in [0.1, 0.15) is 17.5 Å². The average molecular weight is 394 g/mol. The molecular formula is C16H25ClNO6P. The molecule has 0 spiro atoms. The Balaban J connectivity index is 2.74. The second-order valence-corrected chi connectivity index (χ2v) is 9.13. The van der Waals surface area contributed by atoms with Crippen LogP contribution in [0.4, 0.5) is 0 Å². The Morgan fingerprint density at radius 2 is 1.68 bits per heavy atom. The highest BCUT2D eigenvalue weighted by molar-refractivity contribution is 7.82. The zero-order valence-electron chi connectivity index (χ0n) is 15.2. The molecule has 25 heavy (non-hydrogen) atoms. The number of benzene rings is 1. The second kappa shape index (κ2) is 8.90. The van der Waals surface area contributed by atoms with Gasteiger partial charge >= 0.3 is 12.9 Å². The Kier molecular flexibility index (Phi) is 7.75. The summed E-state index contributed by atoms with van der Waals surface area (Å²) in [5.41, 5.74) is 2.12. The van der Waals surface area contributed by atoms with E-state index in [4.69, 9.17) is 29.9 Å². The number of hydrogen-bond acceptors (Lipinski definition) is 7. The second-order valence-electron chi connectivity index (χ2n) is 6.66. The van der Waals surface area contributed by atoms with Crippen LogP contribution in [0, 0.1) is 5.92 Å². The molecule has 0 aliphatic heterocycles. The SMILES string of the molecule is COc1ccc(OP(=O)(Cl)OC(=O)[C@@H](NOC(C)(C)C)C(C)C)cc1. The summed E-state index contributed by atoms with van der Waals surface area (Å²) in [4.78, 5) is 17.7. The molecule has 0 fully saturated rings. The first-order chi connectivity index (χ1) is 11.4. The highest BCUT2D eigenvalue weighted by atomic mass is 35.7. The van der Waals surface area contributed by atoms with Gasteiger partial charge < -0.3 is 13.8 Å². The third kappa shape index (κ3) is 8.10. The minimum atomic E-state index is -4.17. The third-order valence-electron chi connectivity index (χ3n) is 2.89. The molecule has 2 atom stereocenters. The molecule has 1 N–H and O–H groups in total. The van der Waals surface area contributed by atoms with E-state index in [9.17, 15) is 9.36 Å². The highest BCUT2D eigenvalue weighted by Crippen LogP contribution is 2.53. The first-order valence-electron chi connectivity index (χ1n) is 7.74. The van der Waals surface area contributed by atoms with E-state index in [1.807, 2.05) is 20.8 Å². The lowest BCUT2D eigenvalue weighted by Crippen LogP contribution is -2.45. The maximum Gasteiger partial charge on any atom is 0.532 e. The van der Waals surface area contributed by atoms with Gasteiger partial charge in [-0.05, 0) is 51.0 Å². The van der Waals surface area contributed by atoms with Gasteiger partial charge in [0.25, 0.3) is 0 Å². The summed E-state index contributed by atoms with van der Waals surface area (Å²) in [6, 6.07) is 5.35. The fraction of sp³-hybridized carbons (Fsp3) is 0.562. The van der Waals surface area contributed by atoms with Crippen molar-refractivity contribution in [2.45, 2.75) is 46.3 Å². The lowest BCUT2D eigenvalue weighted by Gasteiger charge is -2.26. The van der Waals surface area contributed by atoms with Crippen molar-refractivity contribution in [1.82, 2.24) is 5.48 Å². The van der Waals surface area contributed by atoms with E-state index < -0.39 is 24.6 Å². The van der Waals surface area contributed by atoms with Gasteiger partial charge in [-0.2, -0.15) is 5.48 Å². The van der Waals surface area contributed by atoms with Crippen molar-refractivity contribution in [3.05, 3.63) is 24.3 Å². The van der Waals surface area contributed by atoms with Gasteiger partial charge in [0.2, 0.25) is 0 Å². The molecule has 0 aromatic heterocycles. The lowest BCUT2D eigenvalue weighted by molar-refractivity contribution is -0.150. The molecule has 1 unspecified atom stereocenters. The minimum absolute atomic E-state index is 0.187. The fourth-order valence-electron chi connectivity index (χ4n) is 1.64. The van der Waals surface area contributed by atoms with Crippen LogP contribution < -0.4 is 14.7 Å². The van der Waals surface area contributed by atoms with E-state index in [1.54, 1.807) is 26.0 Å². The van der Waals surface area contributed by atoms with E-state index >= 15 is 0 Å². The van der Waals surface area contributed by atoms with Crippen molar-refractivity contribution < 1.29 is 28.0 Å². The van der Waals surface area contributed by atoms with Gasteiger partial charge in [0.05, 0.1) is 12.7 Å². The van der Waals surface area contributed by atoms with E-state index in [-0.39, 0.29) is 11.7 Å². The fourth-order valence-corrected chi connectivity index (χ4v) is 2.82. The van der Waals surface area contributed by atoms with Crippen molar-refractivity contribution in [3.8, 4) is 11.5 Å². The molecular weight excluding hydrogens is 369 g/mol. The standard InChI is InChI=1S/C16H25ClNO6P/c1-11(2)14(18-24-16(3,4)5)15(19)23-25(17,20)22-13-9-7-12(21-6)8-10-13/h7-11,14,18H,1-6H3/t14-,25?/m0/s1. The molecule has 1 aromatic rings. The van der Waals surface area contributed by atoms with Crippen molar-refractivity contribution in [2.24, 2.45) is 5.92 Å². The van der Waals surface area contributed by atoms with E-state index in [2.05, 4.69) is 5.48 Å². The molecule has 0 radical (unpaired) electrons. The van der Waals surface area contributed by atoms with Crippen LogP contribution in [-0.4, -0.2) is 24.7 Å². The number of methoxy groups -OCH3 is 1. The molecule has 0 heterocycles. The topological polar surface area (TPSA) is 83.1 Å². The Bertz CT molecular complexity index is 614. The summed E-state index contributed by atoms with van der Waals surface area (Å²) in [6.45, 7) is 4.87. The number of carbonyl (C=O) groups is 1. The Labute approximate surface area is 153 Å². The summed E-state index contributed by atoms with van der Waals surface area (Å²) in [5.74, 6) is -0.234. The number of nitrogens with one attached hydrogen (secondary N) is 1. The van der Waals surface area contributed by atoms with Crippen LogP contribution in [0.5, 0.6) is 11.5 Å². The molecule has 1 rings (SSSR count). The van der Waals surface area contributed by atoms with E-state index in [0.717, 1.165) is 0 Å². The Morgan fingerprint density at radius 1 is 1.16 bits per heavy atom. The summed E-state index contributed by atoms with van der Waals surface area (Å²) in [6.07, 6.45) is 0. The van der Waals surface area contributed by atoms with Crippen LogP contribution in [0.15, 0.2) is 24.3 Å². The number of carbonyl (C=O) groups excluding carboxylic acids is 1. The summed E-state index contributed by atoms with van der Waals surface area (Å²) >= 11 is 5.77. The van der Waals surface area contributed by atoms with Crippen LogP contribution in [0.1, 0.15) is 34.6 Å². The van der Waals surface area contributed by atoms with Crippen LogP contribution in [0.2, 0.25) is 0 Å². The van der Waals surface area contributed by atoms with Crippen molar-refractivity contribution >= 4 is 24.2 Å². The summed E-state index contributed by atoms with van der Waals surface area (Å²) in [5, 5.41) is 0. The molecule has 9 heteroatoms. The van der Waals surface area contributed by atoms with Gasteiger partial charge in [-0.15, -0.1) is 0 Å². The highest BCUT2D eigenvalue weighted by Gasteiger charge is 2.34. The van der Waals surface area contributed by atoms with Gasteiger partial charge in [0.15, 0.2) is 0 Å². The maximum atomic E-state index is 12.3. The smallest absolute Gasteiger partial charge is 0.497 e. The van der Waals surface area contributed by atoms with Crippen LogP contribution in [0.25, 0.3) is 0 Å². The molecule has 0 bridgehead atoms. The predicted molar refractivity (Wildman–Crippen MR) is 95.8 cm³/mol. The zero-order valence-corrected chi connectivity index (χ0v) is 16.9. The first kappa shape index (κ1) is 21.8. The molecule has 142 valence electrons. The predicted octanol–water partition coefficient (Wildman–Crippen LogP) is 4.31. The monoisotopic (exact) mass is 393 g/mol. The molecule has 0 saturated heterocycles. The number of hydroxylamine groups is 1. The largest absolute Gasteiger partial charge is 0.532 e. The van der Waals surface area contributed by atoms with Crippen molar-refractivity contribution in [2.75, 3.05) is 7.11 Å². The summed E-state index contributed by atoms with van der Waals surface area (Å²) in [7, 11) is 1.52. The van der Waals surface area contributed by atoms with Crippen LogP contribution in [0.3, 0.4) is 0 Å². The van der Waals surface area contributed by atoms with Crippen molar-refractivity contribution in [1.29, 1.82) is 0 Å². The molecule has 0 aliphatic rings. The van der Waals surface area contributed by atoms with Gasteiger partial charge in [-0.25, -0.2) is 9.36 Å². The number of halogens is 1. The third-order valence-corrected chi connectivity index (χ3v) is 4.13. The number of ether oxygens (including phenoxy) is 1. The molecule has 0 aliphatic carbocycles. The molecule has 7 nitrogen and oxygen atoms in total. The van der Waals surface area contributed by atoms with Crippen LogP contribution >= 0.6 is 18.2 Å². The van der Waals surface area contributed by atoms with E-state index in [1.165, 1.54) is 19.2 Å². The van der Waals surface area contributed by atoms with Gasteiger partial charge in [-0.1, -0.05) is 13.8 Å². The quantitative estimate of drug-likeness (QED) is 0.520. The molecule has 0 amide bonds. The van der Waals surface area contributed by atoms with Gasteiger partial charge in [-0.3, -0.25) is 4.84 Å².